The molecule has 0 bridgehead atoms. The van der Waals surface area contributed by atoms with Crippen molar-refractivity contribution in [2.75, 3.05) is 0 Å². The van der Waals surface area contributed by atoms with Crippen LogP contribution < -0.4 is 0 Å². The molecule has 13 heavy (non-hydrogen) atoms. The number of allylic oxidation sites excluding steroid dienone is 2. The second-order valence-electron chi connectivity index (χ2n) is 2.98. The Bertz CT molecular complexity index is 329. The topological polar surface area (TPSA) is 17.1 Å². The van der Waals surface area contributed by atoms with Gasteiger partial charge in [0.25, 0.3) is 0 Å². The molecule has 1 atom stereocenters. The molecular formula is C11H10OS. The maximum absolute atomic E-state index is 10.5. The van der Waals surface area contributed by atoms with E-state index in [1.54, 1.807) is 11.8 Å². The van der Waals surface area contributed by atoms with Gasteiger partial charge in [0.2, 0.25) is 0 Å². The van der Waals surface area contributed by atoms with Gasteiger partial charge in [-0.25, -0.2) is 0 Å². The third-order valence-electron chi connectivity index (χ3n) is 2.10. The molecule has 0 spiro atoms. The van der Waals surface area contributed by atoms with Crippen molar-refractivity contribution < 1.29 is 4.79 Å². The minimum atomic E-state index is 0.446. The lowest BCUT2D eigenvalue weighted by atomic mass is 10.1. The number of carbonyl (C=O) groups excluding carboxylic acids is 1. The molecule has 0 radical (unpaired) electrons. The largest absolute Gasteiger partial charge is 0.297 e. The van der Waals surface area contributed by atoms with E-state index in [2.05, 4.69) is 12.1 Å². The maximum Gasteiger partial charge on any atom is 0.156 e. The molecule has 0 aliphatic carbocycles. The molecular weight excluding hydrogens is 180 g/mol. The third-order valence-corrected chi connectivity index (χ3v) is 3.38. The van der Waals surface area contributed by atoms with E-state index in [1.807, 2.05) is 24.3 Å². The van der Waals surface area contributed by atoms with Gasteiger partial charge in [0.15, 0.2) is 6.29 Å². The summed E-state index contributed by atoms with van der Waals surface area (Å²) < 4.78 is 0. The first-order chi connectivity index (χ1) is 6.40. The van der Waals surface area contributed by atoms with Crippen LogP contribution in [0.15, 0.2) is 41.3 Å². The molecule has 0 amide bonds. The van der Waals surface area contributed by atoms with Gasteiger partial charge in [0, 0.05) is 10.2 Å². The fourth-order valence-corrected chi connectivity index (χ4v) is 2.49. The number of rotatable bonds is 2. The number of carbonyl (C=O) groups is 1. The Kier molecular flexibility index (Phi) is 2.50. The summed E-state index contributed by atoms with van der Waals surface area (Å²) in [5, 5.41) is 0.446. The highest BCUT2D eigenvalue weighted by atomic mass is 32.2. The van der Waals surface area contributed by atoms with Crippen LogP contribution in [0.2, 0.25) is 0 Å². The SMILES string of the molecule is O=CC1=CCC(c2ccccc2)S1. The Labute approximate surface area is 81.8 Å². The minimum absolute atomic E-state index is 0.446. The third kappa shape index (κ3) is 1.83. The number of benzene rings is 1. The molecule has 2 rings (SSSR count). The first-order valence-corrected chi connectivity index (χ1v) is 5.15. The lowest BCUT2D eigenvalue weighted by Crippen LogP contribution is -1.87. The number of aldehydes is 1. The molecule has 1 aromatic carbocycles. The predicted octanol–water partition coefficient (Wildman–Crippen LogP) is 2.95. The fraction of sp³-hybridized carbons (Fsp3) is 0.182. The van der Waals surface area contributed by atoms with Gasteiger partial charge >= 0.3 is 0 Å². The van der Waals surface area contributed by atoms with Gasteiger partial charge in [-0.1, -0.05) is 36.4 Å². The molecule has 1 heterocycles. The van der Waals surface area contributed by atoms with Gasteiger partial charge in [-0.15, -0.1) is 11.8 Å². The van der Waals surface area contributed by atoms with Gasteiger partial charge in [-0.3, -0.25) is 4.79 Å². The fourth-order valence-electron chi connectivity index (χ4n) is 1.43. The van der Waals surface area contributed by atoms with Crippen LogP contribution in [0.25, 0.3) is 0 Å². The van der Waals surface area contributed by atoms with E-state index < -0.39 is 0 Å². The van der Waals surface area contributed by atoms with Crippen LogP contribution in [-0.4, -0.2) is 6.29 Å². The van der Waals surface area contributed by atoms with Crippen molar-refractivity contribution in [1.82, 2.24) is 0 Å². The zero-order chi connectivity index (χ0) is 9.10. The second kappa shape index (κ2) is 3.79. The molecule has 2 heteroatoms. The Hall–Kier alpha value is -1.02. The highest BCUT2D eigenvalue weighted by Crippen LogP contribution is 2.42. The summed E-state index contributed by atoms with van der Waals surface area (Å²) in [5.74, 6) is 0. The van der Waals surface area contributed by atoms with E-state index in [4.69, 9.17) is 0 Å². The average Bonchev–Trinajstić information content (AvgIpc) is 2.67. The van der Waals surface area contributed by atoms with Crippen molar-refractivity contribution in [3.63, 3.8) is 0 Å². The molecule has 0 saturated heterocycles. The number of hydrogen-bond acceptors (Lipinski definition) is 2. The minimum Gasteiger partial charge on any atom is -0.297 e. The van der Waals surface area contributed by atoms with Crippen LogP contribution in [0.5, 0.6) is 0 Å². The molecule has 1 aliphatic rings. The van der Waals surface area contributed by atoms with Crippen molar-refractivity contribution in [1.29, 1.82) is 0 Å². The van der Waals surface area contributed by atoms with Crippen molar-refractivity contribution in [3.05, 3.63) is 46.9 Å². The van der Waals surface area contributed by atoms with Crippen molar-refractivity contribution in [2.24, 2.45) is 0 Å². The summed E-state index contributed by atoms with van der Waals surface area (Å²) in [6.07, 6.45) is 3.92. The number of hydrogen-bond donors (Lipinski definition) is 0. The van der Waals surface area contributed by atoms with Crippen LogP contribution >= 0.6 is 11.8 Å². The van der Waals surface area contributed by atoms with Gasteiger partial charge in [0.1, 0.15) is 0 Å². The summed E-state index contributed by atoms with van der Waals surface area (Å²) in [7, 11) is 0. The molecule has 66 valence electrons. The summed E-state index contributed by atoms with van der Waals surface area (Å²) in [6.45, 7) is 0. The number of thioether (sulfide) groups is 1. The van der Waals surface area contributed by atoms with Crippen molar-refractivity contribution in [2.45, 2.75) is 11.7 Å². The Morgan fingerprint density at radius 3 is 2.69 bits per heavy atom. The summed E-state index contributed by atoms with van der Waals surface area (Å²) in [6, 6.07) is 10.3. The van der Waals surface area contributed by atoms with Crippen LogP contribution in [-0.2, 0) is 4.79 Å². The van der Waals surface area contributed by atoms with E-state index in [9.17, 15) is 4.79 Å². The molecule has 0 saturated carbocycles. The van der Waals surface area contributed by atoms with E-state index in [0.29, 0.717) is 5.25 Å². The molecule has 1 unspecified atom stereocenters. The summed E-state index contributed by atoms with van der Waals surface area (Å²) in [5.41, 5.74) is 1.31. The van der Waals surface area contributed by atoms with Gasteiger partial charge in [0.05, 0.1) is 0 Å². The van der Waals surface area contributed by atoms with Crippen LogP contribution in [0.4, 0.5) is 0 Å². The summed E-state index contributed by atoms with van der Waals surface area (Å²) in [4.78, 5) is 11.4. The standard InChI is InChI=1S/C11H10OS/c12-8-10-6-7-11(13-10)9-4-2-1-3-5-9/h1-6,8,11H,7H2. The smallest absolute Gasteiger partial charge is 0.156 e. The zero-order valence-electron chi connectivity index (χ0n) is 7.14. The highest BCUT2D eigenvalue weighted by Gasteiger charge is 2.18. The first-order valence-electron chi connectivity index (χ1n) is 4.27. The van der Waals surface area contributed by atoms with Crippen molar-refractivity contribution >= 4 is 18.0 Å². The molecule has 0 aromatic heterocycles. The van der Waals surface area contributed by atoms with Crippen molar-refractivity contribution in [3.8, 4) is 0 Å². The Balaban J connectivity index is 2.11. The molecule has 0 fully saturated rings. The second-order valence-corrected chi connectivity index (χ2v) is 4.25. The van der Waals surface area contributed by atoms with Crippen LogP contribution in [0.3, 0.4) is 0 Å². The van der Waals surface area contributed by atoms with Gasteiger partial charge < -0.3 is 0 Å². The molecule has 0 N–H and O–H groups in total. The highest BCUT2D eigenvalue weighted by molar-refractivity contribution is 8.04. The Morgan fingerprint density at radius 2 is 2.08 bits per heavy atom. The summed E-state index contributed by atoms with van der Waals surface area (Å²) >= 11 is 1.66. The lowest BCUT2D eigenvalue weighted by molar-refractivity contribution is -0.104. The normalized spacial score (nSPS) is 21.2. The average molecular weight is 190 g/mol. The van der Waals surface area contributed by atoms with Crippen LogP contribution in [0.1, 0.15) is 17.2 Å². The Morgan fingerprint density at radius 1 is 1.31 bits per heavy atom. The lowest BCUT2D eigenvalue weighted by Gasteiger charge is -2.07. The van der Waals surface area contributed by atoms with Gasteiger partial charge in [-0.05, 0) is 12.0 Å². The predicted molar refractivity (Wildman–Crippen MR) is 55.5 cm³/mol. The molecule has 1 aromatic rings. The van der Waals surface area contributed by atoms with Gasteiger partial charge in [-0.2, -0.15) is 0 Å². The first kappa shape index (κ1) is 8.57. The van der Waals surface area contributed by atoms with E-state index in [0.717, 1.165) is 17.6 Å². The molecule has 1 aliphatic heterocycles. The van der Waals surface area contributed by atoms with E-state index >= 15 is 0 Å². The molecule has 1 nitrogen and oxygen atoms in total. The van der Waals surface area contributed by atoms with Crippen LogP contribution in [0, 0.1) is 0 Å². The van der Waals surface area contributed by atoms with E-state index in [1.165, 1.54) is 5.56 Å². The maximum atomic E-state index is 10.5. The monoisotopic (exact) mass is 190 g/mol. The zero-order valence-corrected chi connectivity index (χ0v) is 7.96. The van der Waals surface area contributed by atoms with E-state index in [-0.39, 0.29) is 0 Å². The quantitative estimate of drug-likeness (QED) is 0.667.